The van der Waals surface area contributed by atoms with Gasteiger partial charge >= 0.3 is 0 Å². The van der Waals surface area contributed by atoms with Crippen molar-refractivity contribution in [2.75, 3.05) is 0 Å². The molecular formula is C15H13Cl2FO. The second-order valence-electron chi connectivity index (χ2n) is 4.43. The quantitative estimate of drug-likeness (QED) is 0.869. The zero-order valence-corrected chi connectivity index (χ0v) is 11.8. The lowest BCUT2D eigenvalue weighted by Crippen LogP contribution is -2.05. The third kappa shape index (κ3) is 3.27. The van der Waals surface area contributed by atoms with Gasteiger partial charge in [-0.05, 0) is 41.8 Å². The first-order chi connectivity index (χ1) is 8.99. The van der Waals surface area contributed by atoms with Crippen LogP contribution >= 0.6 is 23.2 Å². The van der Waals surface area contributed by atoms with E-state index in [0.29, 0.717) is 16.1 Å². The molecule has 1 N–H and O–H groups in total. The predicted octanol–water partition coefficient (Wildman–Crippen LogP) is 4.72. The van der Waals surface area contributed by atoms with Gasteiger partial charge in [0.1, 0.15) is 5.82 Å². The van der Waals surface area contributed by atoms with Gasteiger partial charge < -0.3 is 5.11 Å². The standard InChI is InChI=1S/C15H13Cl2FO/c1-9-5-6-11(16)8-12(9)14(19)7-10-3-2-4-13(17)15(10)18/h2-6,8,14,19H,7H2,1H3. The van der Waals surface area contributed by atoms with Crippen molar-refractivity contribution in [3.05, 3.63) is 69.0 Å². The van der Waals surface area contributed by atoms with Gasteiger partial charge in [0, 0.05) is 11.4 Å². The van der Waals surface area contributed by atoms with Crippen LogP contribution in [0.25, 0.3) is 0 Å². The van der Waals surface area contributed by atoms with Gasteiger partial charge in [-0.25, -0.2) is 4.39 Å². The summed E-state index contributed by atoms with van der Waals surface area (Å²) in [6, 6.07) is 10.0. The third-order valence-corrected chi connectivity index (χ3v) is 3.57. The van der Waals surface area contributed by atoms with Crippen molar-refractivity contribution in [3.8, 4) is 0 Å². The van der Waals surface area contributed by atoms with E-state index in [1.807, 2.05) is 13.0 Å². The Bertz CT molecular complexity index is 599. The Balaban J connectivity index is 2.28. The molecular weight excluding hydrogens is 286 g/mol. The number of aliphatic hydroxyl groups is 1. The molecule has 0 bridgehead atoms. The molecule has 0 aliphatic carbocycles. The lowest BCUT2D eigenvalue weighted by atomic mass is 9.97. The van der Waals surface area contributed by atoms with E-state index in [9.17, 15) is 9.50 Å². The molecule has 1 unspecified atom stereocenters. The van der Waals surface area contributed by atoms with E-state index in [-0.39, 0.29) is 11.4 Å². The van der Waals surface area contributed by atoms with Crippen LogP contribution in [0, 0.1) is 12.7 Å². The molecule has 1 atom stereocenters. The summed E-state index contributed by atoms with van der Waals surface area (Å²) >= 11 is 11.6. The van der Waals surface area contributed by atoms with Gasteiger partial charge in [0.15, 0.2) is 0 Å². The monoisotopic (exact) mass is 298 g/mol. The summed E-state index contributed by atoms with van der Waals surface area (Å²) in [5.41, 5.74) is 2.01. The van der Waals surface area contributed by atoms with Crippen LogP contribution in [0.2, 0.25) is 10.0 Å². The molecule has 0 spiro atoms. The fraction of sp³-hybridized carbons (Fsp3) is 0.200. The highest BCUT2D eigenvalue weighted by Crippen LogP contribution is 2.27. The van der Waals surface area contributed by atoms with E-state index < -0.39 is 11.9 Å². The number of hydrogen-bond acceptors (Lipinski definition) is 1. The van der Waals surface area contributed by atoms with Crippen LogP contribution in [-0.4, -0.2) is 5.11 Å². The Morgan fingerprint density at radius 1 is 1.21 bits per heavy atom. The van der Waals surface area contributed by atoms with Gasteiger partial charge in [0.2, 0.25) is 0 Å². The van der Waals surface area contributed by atoms with Gasteiger partial charge in [-0.1, -0.05) is 41.4 Å². The maximum atomic E-state index is 13.8. The summed E-state index contributed by atoms with van der Waals surface area (Å²) in [4.78, 5) is 0. The van der Waals surface area contributed by atoms with E-state index in [0.717, 1.165) is 5.56 Å². The molecule has 100 valence electrons. The van der Waals surface area contributed by atoms with Crippen molar-refractivity contribution in [1.82, 2.24) is 0 Å². The first-order valence-corrected chi connectivity index (χ1v) is 6.61. The second-order valence-corrected chi connectivity index (χ2v) is 5.28. The molecule has 0 saturated heterocycles. The lowest BCUT2D eigenvalue weighted by molar-refractivity contribution is 0.176. The van der Waals surface area contributed by atoms with Crippen LogP contribution in [-0.2, 0) is 6.42 Å². The maximum absolute atomic E-state index is 13.8. The molecule has 0 saturated carbocycles. The normalized spacial score (nSPS) is 12.5. The Morgan fingerprint density at radius 3 is 2.68 bits per heavy atom. The minimum absolute atomic E-state index is 0.0625. The van der Waals surface area contributed by atoms with Crippen LogP contribution in [0.5, 0.6) is 0 Å². The van der Waals surface area contributed by atoms with Crippen molar-refractivity contribution in [1.29, 1.82) is 0 Å². The van der Waals surface area contributed by atoms with E-state index in [2.05, 4.69) is 0 Å². The predicted molar refractivity (Wildman–Crippen MR) is 76.3 cm³/mol. The first kappa shape index (κ1) is 14.3. The minimum Gasteiger partial charge on any atom is -0.388 e. The first-order valence-electron chi connectivity index (χ1n) is 5.86. The molecule has 0 aliphatic heterocycles. The number of hydrogen-bond donors (Lipinski definition) is 1. The zero-order valence-electron chi connectivity index (χ0n) is 10.3. The zero-order chi connectivity index (χ0) is 14.0. The van der Waals surface area contributed by atoms with Crippen molar-refractivity contribution in [3.63, 3.8) is 0 Å². The molecule has 0 aromatic heterocycles. The molecule has 2 rings (SSSR count). The molecule has 0 radical (unpaired) electrons. The van der Waals surface area contributed by atoms with Gasteiger partial charge in [-0.3, -0.25) is 0 Å². The third-order valence-electron chi connectivity index (χ3n) is 3.05. The molecule has 0 fully saturated rings. The van der Waals surface area contributed by atoms with E-state index in [1.54, 1.807) is 24.3 Å². The average molecular weight is 299 g/mol. The Kier molecular flexibility index (Phi) is 4.46. The van der Waals surface area contributed by atoms with Crippen LogP contribution in [0.4, 0.5) is 4.39 Å². The van der Waals surface area contributed by atoms with Crippen LogP contribution in [0.1, 0.15) is 22.8 Å². The minimum atomic E-state index is -0.813. The summed E-state index contributed by atoms with van der Waals surface area (Å²) in [5.74, 6) is -0.483. The largest absolute Gasteiger partial charge is 0.388 e. The highest BCUT2D eigenvalue weighted by molar-refractivity contribution is 6.31. The highest BCUT2D eigenvalue weighted by atomic mass is 35.5. The molecule has 0 aliphatic rings. The van der Waals surface area contributed by atoms with Gasteiger partial charge in [0.05, 0.1) is 11.1 Å². The topological polar surface area (TPSA) is 20.2 Å². The summed E-state index contributed by atoms with van der Waals surface area (Å²) in [6.45, 7) is 1.88. The Labute approximate surface area is 121 Å². The summed E-state index contributed by atoms with van der Waals surface area (Å²) < 4.78 is 13.8. The summed E-state index contributed by atoms with van der Waals surface area (Å²) in [5, 5.41) is 10.8. The van der Waals surface area contributed by atoms with Crippen LogP contribution in [0.15, 0.2) is 36.4 Å². The molecule has 2 aromatic carbocycles. The Morgan fingerprint density at radius 2 is 1.95 bits per heavy atom. The summed E-state index contributed by atoms with van der Waals surface area (Å²) in [6.07, 6.45) is -0.653. The fourth-order valence-corrected chi connectivity index (χ4v) is 2.37. The van der Waals surface area contributed by atoms with E-state index in [4.69, 9.17) is 23.2 Å². The van der Waals surface area contributed by atoms with Crippen molar-refractivity contribution >= 4 is 23.2 Å². The van der Waals surface area contributed by atoms with Crippen molar-refractivity contribution in [2.24, 2.45) is 0 Å². The number of benzene rings is 2. The van der Waals surface area contributed by atoms with E-state index >= 15 is 0 Å². The molecule has 0 heterocycles. The molecule has 0 amide bonds. The SMILES string of the molecule is Cc1ccc(Cl)cc1C(O)Cc1cccc(Cl)c1F. The fourth-order valence-electron chi connectivity index (χ4n) is 1.99. The Hall–Kier alpha value is -1.09. The number of halogens is 3. The molecule has 2 aromatic rings. The number of aliphatic hydroxyl groups excluding tert-OH is 1. The van der Waals surface area contributed by atoms with Crippen LogP contribution in [0.3, 0.4) is 0 Å². The molecule has 1 nitrogen and oxygen atoms in total. The van der Waals surface area contributed by atoms with Gasteiger partial charge in [-0.15, -0.1) is 0 Å². The van der Waals surface area contributed by atoms with Gasteiger partial charge in [-0.2, -0.15) is 0 Å². The maximum Gasteiger partial charge on any atom is 0.145 e. The number of rotatable bonds is 3. The van der Waals surface area contributed by atoms with Gasteiger partial charge in [0.25, 0.3) is 0 Å². The number of aryl methyl sites for hydroxylation is 1. The van der Waals surface area contributed by atoms with Crippen molar-refractivity contribution in [2.45, 2.75) is 19.4 Å². The van der Waals surface area contributed by atoms with Crippen LogP contribution < -0.4 is 0 Å². The molecule has 19 heavy (non-hydrogen) atoms. The highest BCUT2D eigenvalue weighted by Gasteiger charge is 2.15. The molecule has 4 heteroatoms. The van der Waals surface area contributed by atoms with Crippen molar-refractivity contribution < 1.29 is 9.50 Å². The average Bonchev–Trinajstić information content (AvgIpc) is 2.38. The second kappa shape index (κ2) is 5.91. The summed E-state index contributed by atoms with van der Waals surface area (Å²) in [7, 11) is 0. The van der Waals surface area contributed by atoms with E-state index in [1.165, 1.54) is 6.07 Å². The smallest absolute Gasteiger partial charge is 0.145 e. The lowest BCUT2D eigenvalue weighted by Gasteiger charge is -2.15.